The standard InChI is InChI=1S/C21H24N4O3/c1-2-22-21(26)18-13-15-12-17(25(27)28)8-9-19(15)24-11-10-23(14-20(18)24)16-6-4-3-5-7-16/h3-9,12,18,20H,2,10-11,13-14H2,1H3,(H,22,26)/t18-,20-/m0/s1. The first-order valence-electron chi connectivity index (χ1n) is 9.70. The third kappa shape index (κ3) is 3.28. The van der Waals surface area contributed by atoms with Crippen molar-refractivity contribution >= 4 is 23.0 Å². The van der Waals surface area contributed by atoms with Crippen molar-refractivity contribution in [2.24, 2.45) is 5.92 Å². The highest BCUT2D eigenvalue weighted by atomic mass is 16.6. The zero-order chi connectivity index (χ0) is 19.7. The first kappa shape index (κ1) is 18.3. The van der Waals surface area contributed by atoms with Crippen molar-refractivity contribution in [1.82, 2.24) is 5.32 Å². The summed E-state index contributed by atoms with van der Waals surface area (Å²) in [5.74, 6) is -0.217. The molecule has 2 aliphatic rings. The van der Waals surface area contributed by atoms with Gasteiger partial charge in [0.2, 0.25) is 5.91 Å². The molecule has 2 aliphatic heterocycles. The molecule has 2 heterocycles. The summed E-state index contributed by atoms with van der Waals surface area (Å²) in [6.07, 6.45) is 0.520. The lowest BCUT2D eigenvalue weighted by Gasteiger charge is -2.49. The SMILES string of the molecule is CCNC(=O)[C@H]1Cc2cc([N+](=O)[O-])ccc2N2CCN(c3ccccc3)C[C@@H]12. The van der Waals surface area contributed by atoms with E-state index in [0.29, 0.717) is 13.0 Å². The van der Waals surface area contributed by atoms with Crippen LogP contribution >= 0.6 is 0 Å². The number of carbonyl (C=O) groups excluding carboxylic acids is 1. The van der Waals surface area contributed by atoms with Crippen molar-refractivity contribution in [3.05, 3.63) is 64.2 Å². The average molecular weight is 380 g/mol. The Balaban J connectivity index is 1.68. The number of hydrogen-bond donors (Lipinski definition) is 1. The van der Waals surface area contributed by atoms with Crippen LogP contribution in [0.4, 0.5) is 17.1 Å². The van der Waals surface area contributed by atoms with E-state index < -0.39 is 0 Å². The van der Waals surface area contributed by atoms with Crippen molar-refractivity contribution in [3.63, 3.8) is 0 Å². The Kier molecular flexibility index (Phi) is 4.90. The molecular weight excluding hydrogens is 356 g/mol. The second-order valence-corrected chi connectivity index (χ2v) is 7.32. The van der Waals surface area contributed by atoms with Gasteiger partial charge in [-0.2, -0.15) is 0 Å². The van der Waals surface area contributed by atoms with Crippen LogP contribution in [0.1, 0.15) is 12.5 Å². The van der Waals surface area contributed by atoms with Gasteiger partial charge in [0.15, 0.2) is 0 Å². The van der Waals surface area contributed by atoms with E-state index in [-0.39, 0.29) is 28.5 Å². The molecule has 28 heavy (non-hydrogen) atoms. The Hall–Kier alpha value is -3.09. The number of nitro benzene ring substituents is 1. The molecule has 0 unspecified atom stereocenters. The normalized spacial score (nSPS) is 20.9. The number of non-ortho nitro benzene ring substituents is 1. The van der Waals surface area contributed by atoms with Crippen LogP contribution in [0, 0.1) is 16.0 Å². The number of rotatable bonds is 4. The molecule has 0 aliphatic carbocycles. The molecule has 2 aromatic carbocycles. The van der Waals surface area contributed by atoms with Gasteiger partial charge in [-0.3, -0.25) is 14.9 Å². The van der Waals surface area contributed by atoms with E-state index in [1.165, 1.54) is 0 Å². The third-order valence-electron chi connectivity index (χ3n) is 5.72. The van der Waals surface area contributed by atoms with E-state index >= 15 is 0 Å². The number of nitrogens with zero attached hydrogens (tertiary/aromatic N) is 3. The van der Waals surface area contributed by atoms with Crippen LogP contribution in [-0.2, 0) is 11.2 Å². The first-order valence-corrected chi connectivity index (χ1v) is 9.70. The molecular formula is C21H24N4O3. The van der Waals surface area contributed by atoms with Gasteiger partial charge >= 0.3 is 0 Å². The Morgan fingerprint density at radius 1 is 1.21 bits per heavy atom. The molecule has 1 amide bonds. The summed E-state index contributed by atoms with van der Waals surface area (Å²) < 4.78 is 0. The summed E-state index contributed by atoms with van der Waals surface area (Å²) in [5, 5.41) is 14.1. The molecule has 0 bridgehead atoms. The van der Waals surface area contributed by atoms with Gasteiger partial charge in [-0.05, 0) is 37.1 Å². The van der Waals surface area contributed by atoms with Crippen LogP contribution in [0.3, 0.4) is 0 Å². The highest BCUT2D eigenvalue weighted by Gasteiger charge is 2.41. The molecule has 0 aromatic heterocycles. The van der Waals surface area contributed by atoms with Crippen LogP contribution in [-0.4, -0.2) is 43.1 Å². The molecule has 7 nitrogen and oxygen atoms in total. The maximum atomic E-state index is 12.8. The predicted octanol–water partition coefficient (Wildman–Crippen LogP) is 2.60. The number of nitrogens with one attached hydrogen (secondary N) is 1. The van der Waals surface area contributed by atoms with Crippen molar-refractivity contribution in [2.45, 2.75) is 19.4 Å². The van der Waals surface area contributed by atoms with Gasteiger partial charge in [0.25, 0.3) is 5.69 Å². The molecule has 7 heteroatoms. The lowest BCUT2D eigenvalue weighted by atomic mass is 9.83. The largest absolute Gasteiger partial charge is 0.368 e. The second kappa shape index (κ2) is 7.50. The number of benzene rings is 2. The third-order valence-corrected chi connectivity index (χ3v) is 5.72. The summed E-state index contributed by atoms with van der Waals surface area (Å²) in [7, 11) is 0. The molecule has 0 saturated carbocycles. The lowest BCUT2D eigenvalue weighted by molar-refractivity contribution is -0.384. The minimum atomic E-state index is -0.374. The molecule has 1 saturated heterocycles. The van der Waals surface area contributed by atoms with Gasteiger partial charge in [-0.25, -0.2) is 0 Å². The molecule has 146 valence electrons. The number of para-hydroxylation sites is 1. The van der Waals surface area contributed by atoms with E-state index in [2.05, 4.69) is 27.2 Å². The first-order chi connectivity index (χ1) is 13.6. The topological polar surface area (TPSA) is 78.7 Å². The van der Waals surface area contributed by atoms with Crippen LogP contribution in [0.2, 0.25) is 0 Å². The number of fused-ring (bicyclic) bond motifs is 3. The second-order valence-electron chi connectivity index (χ2n) is 7.32. The van der Waals surface area contributed by atoms with Crippen molar-refractivity contribution < 1.29 is 9.72 Å². The molecule has 0 spiro atoms. The number of piperazine rings is 1. The van der Waals surface area contributed by atoms with Gasteiger partial charge in [-0.1, -0.05) is 18.2 Å². The van der Waals surface area contributed by atoms with E-state index in [1.54, 1.807) is 12.1 Å². The minimum Gasteiger partial charge on any atom is -0.368 e. The van der Waals surface area contributed by atoms with E-state index in [9.17, 15) is 14.9 Å². The van der Waals surface area contributed by atoms with Gasteiger partial charge in [0.05, 0.1) is 16.9 Å². The summed E-state index contributed by atoms with van der Waals surface area (Å²) in [5.41, 5.74) is 3.14. The molecule has 2 atom stereocenters. The van der Waals surface area contributed by atoms with Crippen molar-refractivity contribution in [3.8, 4) is 0 Å². The number of nitro groups is 1. The van der Waals surface area contributed by atoms with E-state index in [0.717, 1.165) is 36.6 Å². The summed E-state index contributed by atoms with van der Waals surface area (Å²) in [6, 6.07) is 15.3. The number of anilines is 2. The smallest absolute Gasteiger partial charge is 0.269 e. The quantitative estimate of drug-likeness (QED) is 0.652. The lowest BCUT2D eigenvalue weighted by Crippen LogP contribution is -2.61. The summed E-state index contributed by atoms with van der Waals surface area (Å²) in [6.45, 7) is 4.86. The van der Waals surface area contributed by atoms with Crippen molar-refractivity contribution in [1.29, 1.82) is 0 Å². The molecule has 2 aromatic rings. The van der Waals surface area contributed by atoms with Gasteiger partial charge < -0.3 is 15.1 Å². The van der Waals surface area contributed by atoms with Crippen LogP contribution in [0.15, 0.2) is 48.5 Å². The molecule has 4 rings (SSSR count). The van der Waals surface area contributed by atoms with E-state index in [1.807, 2.05) is 31.2 Å². The number of hydrogen-bond acceptors (Lipinski definition) is 5. The maximum Gasteiger partial charge on any atom is 0.269 e. The highest BCUT2D eigenvalue weighted by molar-refractivity contribution is 5.82. The Morgan fingerprint density at radius 2 is 2.00 bits per heavy atom. The monoisotopic (exact) mass is 380 g/mol. The maximum absolute atomic E-state index is 12.8. The fourth-order valence-electron chi connectivity index (χ4n) is 4.40. The Labute approximate surface area is 164 Å². The number of carbonyl (C=O) groups is 1. The van der Waals surface area contributed by atoms with Crippen LogP contribution < -0.4 is 15.1 Å². The zero-order valence-electron chi connectivity index (χ0n) is 15.9. The zero-order valence-corrected chi connectivity index (χ0v) is 15.9. The van der Waals surface area contributed by atoms with Gasteiger partial charge in [0.1, 0.15) is 0 Å². The fraction of sp³-hybridized carbons (Fsp3) is 0.381. The predicted molar refractivity (Wildman–Crippen MR) is 109 cm³/mol. The van der Waals surface area contributed by atoms with Crippen molar-refractivity contribution in [2.75, 3.05) is 36.0 Å². The number of amides is 1. The Bertz CT molecular complexity index is 886. The summed E-state index contributed by atoms with van der Waals surface area (Å²) in [4.78, 5) is 28.2. The molecule has 1 N–H and O–H groups in total. The van der Waals surface area contributed by atoms with Crippen LogP contribution in [0.25, 0.3) is 0 Å². The van der Waals surface area contributed by atoms with Gasteiger partial charge in [-0.15, -0.1) is 0 Å². The van der Waals surface area contributed by atoms with Gasteiger partial charge in [0, 0.05) is 49.7 Å². The fourth-order valence-corrected chi connectivity index (χ4v) is 4.40. The average Bonchev–Trinajstić information content (AvgIpc) is 2.73. The van der Waals surface area contributed by atoms with E-state index in [4.69, 9.17) is 0 Å². The minimum absolute atomic E-state index is 0.0181. The Morgan fingerprint density at radius 3 is 2.71 bits per heavy atom. The van der Waals surface area contributed by atoms with Crippen LogP contribution in [0.5, 0.6) is 0 Å². The summed E-state index contributed by atoms with van der Waals surface area (Å²) >= 11 is 0. The molecule has 0 radical (unpaired) electrons. The highest BCUT2D eigenvalue weighted by Crippen LogP contribution is 2.38. The molecule has 1 fully saturated rings.